The van der Waals surface area contributed by atoms with Crippen LogP contribution in [0.4, 0.5) is 0 Å². The average Bonchev–Trinajstić information content (AvgIpc) is 2.47. The van der Waals surface area contributed by atoms with E-state index in [2.05, 4.69) is 5.92 Å². The first-order valence-corrected chi connectivity index (χ1v) is 4.59. The molecule has 0 spiro atoms. The monoisotopic (exact) mass is 195 g/mol. The van der Waals surface area contributed by atoms with Gasteiger partial charge in [-0.05, 0) is 6.42 Å². The second-order valence-corrected chi connectivity index (χ2v) is 3.40. The molecule has 1 heterocycles. The smallest absolute Gasteiger partial charge is 0.303 e. The molecule has 1 amide bonds. The van der Waals surface area contributed by atoms with Crippen LogP contribution < -0.4 is 0 Å². The molecule has 0 bridgehead atoms. The molecule has 0 aliphatic carbocycles. The van der Waals surface area contributed by atoms with Crippen LogP contribution in [0.3, 0.4) is 0 Å². The molecule has 0 aromatic carbocycles. The van der Waals surface area contributed by atoms with Gasteiger partial charge in [-0.15, -0.1) is 12.3 Å². The van der Waals surface area contributed by atoms with Gasteiger partial charge in [0.1, 0.15) is 0 Å². The number of terminal acetylenes is 1. The van der Waals surface area contributed by atoms with Gasteiger partial charge in [-0.3, -0.25) is 9.59 Å². The second-order valence-electron chi connectivity index (χ2n) is 3.40. The van der Waals surface area contributed by atoms with E-state index >= 15 is 0 Å². The molecule has 76 valence electrons. The SMILES string of the molecule is C#CC1CC(=O)N(CCCC(=O)O)C1. The van der Waals surface area contributed by atoms with Crippen molar-refractivity contribution in [3.8, 4) is 12.3 Å². The molecule has 1 rings (SSSR count). The highest BCUT2D eigenvalue weighted by atomic mass is 16.4. The Morgan fingerprint density at radius 2 is 2.43 bits per heavy atom. The van der Waals surface area contributed by atoms with Crippen molar-refractivity contribution in [1.29, 1.82) is 0 Å². The Bertz CT molecular complexity index is 280. The molecule has 1 aliphatic heterocycles. The summed E-state index contributed by atoms with van der Waals surface area (Å²) in [7, 11) is 0. The van der Waals surface area contributed by atoms with E-state index in [1.807, 2.05) is 0 Å². The molecule has 0 aromatic rings. The van der Waals surface area contributed by atoms with Crippen LogP contribution in [0.1, 0.15) is 19.3 Å². The lowest BCUT2D eigenvalue weighted by Crippen LogP contribution is -2.26. The Balaban J connectivity index is 2.29. The van der Waals surface area contributed by atoms with Gasteiger partial charge in [0.15, 0.2) is 0 Å². The van der Waals surface area contributed by atoms with E-state index in [4.69, 9.17) is 11.5 Å². The van der Waals surface area contributed by atoms with Crippen molar-refractivity contribution < 1.29 is 14.7 Å². The molecular formula is C10H13NO3. The summed E-state index contributed by atoms with van der Waals surface area (Å²) in [5, 5.41) is 8.42. The van der Waals surface area contributed by atoms with Crippen molar-refractivity contribution in [3.05, 3.63) is 0 Å². The van der Waals surface area contributed by atoms with Crippen LogP contribution in [0.25, 0.3) is 0 Å². The number of carboxylic acids is 1. The topological polar surface area (TPSA) is 57.6 Å². The number of aliphatic carboxylic acids is 1. The predicted molar refractivity (Wildman–Crippen MR) is 50.4 cm³/mol. The zero-order valence-electron chi connectivity index (χ0n) is 7.90. The van der Waals surface area contributed by atoms with Gasteiger partial charge in [0.05, 0.1) is 0 Å². The fourth-order valence-electron chi connectivity index (χ4n) is 1.52. The highest BCUT2D eigenvalue weighted by molar-refractivity contribution is 5.79. The van der Waals surface area contributed by atoms with Crippen molar-refractivity contribution >= 4 is 11.9 Å². The van der Waals surface area contributed by atoms with Crippen molar-refractivity contribution in [2.75, 3.05) is 13.1 Å². The lowest BCUT2D eigenvalue weighted by Gasteiger charge is -2.14. The molecule has 1 saturated heterocycles. The molecule has 1 atom stereocenters. The molecular weight excluding hydrogens is 182 g/mol. The number of nitrogens with zero attached hydrogens (tertiary/aromatic N) is 1. The number of carbonyl (C=O) groups excluding carboxylic acids is 1. The molecule has 0 saturated carbocycles. The number of carboxylic acid groups (broad SMARTS) is 1. The Morgan fingerprint density at radius 3 is 2.93 bits per heavy atom. The molecule has 1 aliphatic rings. The maximum Gasteiger partial charge on any atom is 0.303 e. The quantitative estimate of drug-likeness (QED) is 0.658. The molecule has 14 heavy (non-hydrogen) atoms. The van der Waals surface area contributed by atoms with Crippen LogP contribution in [0.2, 0.25) is 0 Å². The lowest BCUT2D eigenvalue weighted by atomic mass is 10.1. The van der Waals surface area contributed by atoms with E-state index < -0.39 is 5.97 Å². The first-order chi connectivity index (χ1) is 6.63. The molecule has 0 aromatic heterocycles. The molecule has 0 radical (unpaired) electrons. The van der Waals surface area contributed by atoms with Gasteiger partial charge in [-0.25, -0.2) is 0 Å². The molecule has 1 N–H and O–H groups in total. The van der Waals surface area contributed by atoms with Gasteiger partial charge >= 0.3 is 5.97 Å². The summed E-state index contributed by atoms with van der Waals surface area (Å²) in [6, 6.07) is 0. The highest BCUT2D eigenvalue weighted by Gasteiger charge is 2.27. The van der Waals surface area contributed by atoms with E-state index in [0.717, 1.165) is 0 Å². The predicted octanol–water partition coefficient (Wildman–Crippen LogP) is 0.333. The first kappa shape index (κ1) is 10.6. The number of amides is 1. The Morgan fingerprint density at radius 1 is 1.71 bits per heavy atom. The van der Waals surface area contributed by atoms with Crippen molar-refractivity contribution in [3.63, 3.8) is 0 Å². The normalized spacial score (nSPS) is 20.9. The largest absolute Gasteiger partial charge is 0.481 e. The number of likely N-dealkylation sites (tertiary alicyclic amines) is 1. The van der Waals surface area contributed by atoms with Gasteiger partial charge in [-0.2, -0.15) is 0 Å². The summed E-state index contributed by atoms with van der Waals surface area (Å²) in [6.07, 6.45) is 6.22. The average molecular weight is 195 g/mol. The zero-order chi connectivity index (χ0) is 10.6. The zero-order valence-corrected chi connectivity index (χ0v) is 7.90. The van der Waals surface area contributed by atoms with E-state index in [0.29, 0.717) is 25.9 Å². The minimum Gasteiger partial charge on any atom is -0.481 e. The Hall–Kier alpha value is -1.50. The van der Waals surface area contributed by atoms with Crippen LogP contribution >= 0.6 is 0 Å². The molecule has 4 nitrogen and oxygen atoms in total. The number of carbonyl (C=O) groups is 2. The van der Waals surface area contributed by atoms with E-state index in [9.17, 15) is 9.59 Å². The summed E-state index contributed by atoms with van der Waals surface area (Å²) in [4.78, 5) is 23.2. The van der Waals surface area contributed by atoms with Gasteiger partial charge in [0.2, 0.25) is 5.91 Å². The fourth-order valence-corrected chi connectivity index (χ4v) is 1.52. The van der Waals surface area contributed by atoms with Gasteiger partial charge in [0.25, 0.3) is 0 Å². The van der Waals surface area contributed by atoms with Crippen LogP contribution in [-0.4, -0.2) is 35.0 Å². The summed E-state index contributed by atoms with van der Waals surface area (Å²) < 4.78 is 0. The Kier molecular flexibility index (Phi) is 3.52. The number of rotatable bonds is 4. The van der Waals surface area contributed by atoms with Crippen molar-refractivity contribution in [2.24, 2.45) is 5.92 Å². The minimum absolute atomic E-state index is 0.00679. The summed E-state index contributed by atoms with van der Waals surface area (Å²) in [6.45, 7) is 1.08. The minimum atomic E-state index is -0.829. The van der Waals surface area contributed by atoms with Gasteiger partial charge in [0, 0.05) is 31.8 Å². The number of hydrogen-bond acceptors (Lipinski definition) is 2. The second kappa shape index (κ2) is 4.66. The van der Waals surface area contributed by atoms with E-state index in [1.54, 1.807) is 4.90 Å². The number of hydrogen-bond donors (Lipinski definition) is 1. The summed E-state index contributed by atoms with van der Waals surface area (Å²) in [5.74, 6) is 1.76. The molecule has 1 unspecified atom stereocenters. The fraction of sp³-hybridized carbons (Fsp3) is 0.600. The third kappa shape index (κ3) is 2.77. The van der Waals surface area contributed by atoms with Crippen LogP contribution in [0.5, 0.6) is 0 Å². The maximum absolute atomic E-state index is 11.3. The van der Waals surface area contributed by atoms with Crippen LogP contribution in [0, 0.1) is 18.3 Å². The highest BCUT2D eigenvalue weighted by Crippen LogP contribution is 2.16. The summed E-state index contributed by atoms with van der Waals surface area (Å²) >= 11 is 0. The van der Waals surface area contributed by atoms with Crippen LogP contribution in [0.15, 0.2) is 0 Å². The molecule has 4 heteroatoms. The van der Waals surface area contributed by atoms with Crippen LogP contribution in [-0.2, 0) is 9.59 Å². The van der Waals surface area contributed by atoms with Gasteiger partial charge < -0.3 is 10.0 Å². The van der Waals surface area contributed by atoms with E-state index in [1.165, 1.54) is 0 Å². The standard InChI is InChI=1S/C10H13NO3/c1-2-8-6-9(12)11(7-8)5-3-4-10(13)14/h1,8H,3-7H2,(H,13,14). The van der Waals surface area contributed by atoms with Gasteiger partial charge in [-0.1, -0.05) is 0 Å². The lowest BCUT2D eigenvalue weighted by molar-refractivity contribution is -0.137. The Labute approximate surface area is 82.9 Å². The first-order valence-electron chi connectivity index (χ1n) is 4.59. The van der Waals surface area contributed by atoms with Crippen molar-refractivity contribution in [2.45, 2.75) is 19.3 Å². The summed E-state index contributed by atoms with van der Waals surface area (Å²) in [5.41, 5.74) is 0. The van der Waals surface area contributed by atoms with E-state index in [-0.39, 0.29) is 18.2 Å². The molecule has 1 fully saturated rings. The third-order valence-electron chi connectivity index (χ3n) is 2.27. The maximum atomic E-state index is 11.3. The third-order valence-corrected chi connectivity index (χ3v) is 2.27. The van der Waals surface area contributed by atoms with Crippen molar-refractivity contribution in [1.82, 2.24) is 4.90 Å².